The summed E-state index contributed by atoms with van der Waals surface area (Å²) >= 11 is 0. The highest BCUT2D eigenvalue weighted by molar-refractivity contribution is 5.65. The van der Waals surface area contributed by atoms with Crippen LogP contribution in [-0.2, 0) is 6.42 Å². The van der Waals surface area contributed by atoms with Crippen LogP contribution in [0.25, 0.3) is 0 Å². The summed E-state index contributed by atoms with van der Waals surface area (Å²) in [5.74, 6) is 3.11. The lowest BCUT2D eigenvalue weighted by Crippen LogP contribution is -2.35. The molecule has 0 aliphatic carbocycles. The second kappa shape index (κ2) is 8.95. The van der Waals surface area contributed by atoms with Crippen molar-refractivity contribution < 1.29 is 4.74 Å². The average Bonchev–Trinajstić information content (AvgIpc) is 2.75. The molecule has 0 atom stereocenters. The molecule has 29 heavy (non-hydrogen) atoms. The molecule has 1 fully saturated rings. The van der Waals surface area contributed by atoms with Crippen molar-refractivity contribution in [3.8, 4) is 5.75 Å². The van der Waals surface area contributed by atoms with Crippen molar-refractivity contribution in [3.05, 3.63) is 71.9 Å². The van der Waals surface area contributed by atoms with Gasteiger partial charge in [-0.15, -0.1) is 0 Å². The van der Waals surface area contributed by atoms with Gasteiger partial charge in [-0.3, -0.25) is 0 Å². The average molecular weight is 389 g/mol. The number of aromatic nitrogens is 2. The summed E-state index contributed by atoms with van der Waals surface area (Å²) < 4.78 is 5.46. The number of ether oxygens (including phenoxy) is 1. The first-order chi connectivity index (χ1) is 14.2. The second-order valence-electron chi connectivity index (χ2n) is 7.69. The van der Waals surface area contributed by atoms with Gasteiger partial charge in [0.2, 0.25) is 5.95 Å². The molecular weight excluding hydrogens is 360 g/mol. The van der Waals surface area contributed by atoms with Crippen molar-refractivity contribution >= 4 is 17.5 Å². The molecule has 1 saturated heterocycles. The molecule has 1 N–H and O–H groups in total. The molecule has 0 unspecified atom stereocenters. The maximum atomic E-state index is 5.46. The van der Waals surface area contributed by atoms with Crippen LogP contribution in [-0.4, -0.2) is 30.2 Å². The lowest BCUT2D eigenvalue weighted by atomic mass is 9.90. The summed E-state index contributed by atoms with van der Waals surface area (Å²) in [6, 6.07) is 18.8. The monoisotopic (exact) mass is 388 g/mol. The largest absolute Gasteiger partial charge is 0.495 e. The summed E-state index contributed by atoms with van der Waals surface area (Å²) in [6.07, 6.45) is 5.32. The fourth-order valence-electron chi connectivity index (χ4n) is 3.91. The van der Waals surface area contributed by atoms with Gasteiger partial charge in [-0.05, 0) is 61.4 Å². The normalized spacial score (nSPS) is 14.6. The van der Waals surface area contributed by atoms with Gasteiger partial charge in [0.15, 0.2) is 0 Å². The first kappa shape index (κ1) is 19.2. The van der Waals surface area contributed by atoms with Gasteiger partial charge in [0.05, 0.1) is 12.8 Å². The van der Waals surface area contributed by atoms with Crippen LogP contribution in [0.2, 0.25) is 0 Å². The van der Waals surface area contributed by atoms with Gasteiger partial charge in [-0.25, -0.2) is 4.98 Å². The lowest BCUT2D eigenvalue weighted by molar-refractivity contribution is 0.400. The predicted octanol–water partition coefficient (Wildman–Crippen LogP) is 5.00. The molecule has 0 spiro atoms. The summed E-state index contributed by atoms with van der Waals surface area (Å²) in [5.41, 5.74) is 3.52. The number of nitrogens with zero attached hydrogens (tertiary/aromatic N) is 3. The Morgan fingerprint density at radius 3 is 2.62 bits per heavy atom. The fraction of sp³-hybridized carbons (Fsp3) is 0.333. The van der Waals surface area contributed by atoms with E-state index in [0.29, 0.717) is 0 Å². The Morgan fingerprint density at radius 1 is 1.07 bits per heavy atom. The molecule has 150 valence electrons. The second-order valence-corrected chi connectivity index (χ2v) is 7.69. The summed E-state index contributed by atoms with van der Waals surface area (Å²) in [6.45, 7) is 4.05. The van der Waals surface area contributed by atoms with Crippen LogP contribution in [0.3, 0.4) is 0 Å². The number of anilines is 3. The maximum Gasteiger partial charge on any atom is 0.227 e. The molecule has 2 aromatic carbocycles. The van der Waals surface area contributed by atoms with Crippen LogP contribution in [0.5, 0.6) is 5.75 Å². The Morgan fingerprint density at radius 2 is 1.86 bits per heavy atom. The highest BCUT2D eigenvalue weighted by Gasteiger charge is 2.21. The first-order valence-corrected chi connectivity index (χ1v) is 10.2. The smallest absolute Gasteiger partial charge is 0.227 e. The number of piperidine rings is 1. The SMILES string of the molecule is COc1ccc(C)cc1Nc1ccnc(N2CCC(Cc3ccccc3)CC2)n1. The minimum Gasteiger partial charge on any atom is -0.495 e. The molecule has 5 nitrogen and oxygen atoms in total. The Bertz CT molecular complexity index is 937. The molecule has 1 aromatic heterocycles. The molecule has 2 heterocycles. The van der Waals surface area contributed by atoms with Gasteiger partial charge >= 0.3 is 0 Å². The molecule has 1 aliphatic heterocycles. The number of rotatable bonds is 6. The third-order valence-electron chi connectivity index (χ3n) is 5.53. The maximum absolute atomic E-state index is 5.46. The van der Waals surface area contributed by atoms with Crippen LogP contribution in [0.15, 0.2) is 60.8 Å². The number of benzene rings is 2. The van der Waals surface area contributed by atoms with Crippen LogP contribution >= 0.6 is 0 Å². The lowest BCUT2D eigenvalue weighted by Gasteiger charge is -2.32. The summed E-state index contributed by atoms with van der Waals surface area (Å²) in [5, 5.41) is 3.38. The number of hydrogen-bond acceptors (Lipinski definition) is 5. The molecule has 0 saturated carbocycles. The Kier molecular flexibility index (Phi) is 5.94. The van der Waals surface area contributed by atoms with E-state index in [1.54, 1.807) is 7.11 Å². The molecule has 0 bridgehead atoms. The van der Waals surface area contributed by atoms with Gasteiger partial charge in [0.25, 0.3) is 0 Å². The van der Waals surface area contributed by atoms with Gasteiger partial charge in [-0.2, -0.15) is 4.98 Å². The van der Waals surface area contributed by atoms with Crippen molar-refractivity contribution in [1.29, 1.82) is 0 Å². The van der Waals surface area contributed by atoms with Crippen LogP contribution in [0.1, 0.15) is 24.0 Å². The highest BCUT2D eigenvalue weighted by atomic mass is 16.5. The third-order valence-corrected chi connectivity index (χ3v) is 5.53. The van der Waals surface area contributed by atoms with E-state index in [4.69, 9.17) is 9.72 Å². The van der Waals surface area contributed by atoms with E-state index in [-0.39, 0.29) is 0 Å². The van der Waals surface area contributed by atoms with Crippen LogP contribution in [0, 0.1) is 12.8 Å². The van der Waals surface area contributed by atoms with Crippen molar-refractivity contribution in [3.63, 3.8) is 0 Å². The minimum atomic E-state index is 0.728. The van der Waals surface area contributed by atoms with Crippen LogP contribution < -0.4 is 15.0 Å². The Hall–Kier alpha value is -3.08. The van der Waals surface area contributed by atoms with Crippen molar-refractivity contribution in [2.75, 3.05) is 30.4 Å². The standard InChI is InChI=1S/C24H28N4O/c1-18-8-9-22(29-2)21(16-18)26-23-10-13-25-24(27-23)28-14-11-20(12-15-28)17-19-6-4-3-5-7-19/h3-10,13,16,20H,11-12,14-15,17H2,1-2H3,(H,25,26,27). The number of aryl methyl sites for hydroxylation is 1. The van der Waals surface area contributed by atoms with Gasteiger partial charge in [-0.1, -0.05) is 36.4 Å². The Labute approximate surface area is 172 Å². The highest BCUT2D eigenvalue weighted by Crippen LogP contribution is 2.29. The van der Waals surface area contributed by atoms with E-state index in [2.05, 4.69) is 58.5 Å². The van der Waals surface area contributed by atoms with Crippen LogP contribution in [0.4, 0.5) is 17.5 Å². The molecular formula is C24H28N4O. The number of nitrogens with one attached hydrogen (secondary N) is 1. The minimum absolute atomic E-state index is 0.728. The number of hydrogen-bond donors (Lipinski definition) is 1. The van der Waals surface area contributed by atoms with Crippen molar-refractivity contribution in [1.82, 2.24) is 9.97 Å². The van der Waals surface area contributed by atoms with E-state index < -0.39 is 0 Å². The van der Waals surface area contributed by atoms with Gasteiger partial charge < -0.3 is 15.0 Å². The molecule has 1 aliphatic rings. The molecule has 0 radical (unpaired) electrons. The van der Waals surface area contributed by atoms with Crippen molar-refractivity contribution in [2.45, 2.75) is 26.2 Å². The van der Waals surface area contributed by atoms with E-state index in [9.17, 15) is 0 Å². The zero-order valence-electron chi connectivity index (χ0n) is 17.1. The van der Waals surface area contributed by atoms with E-state index in [1.165, 1.54) is 24.0 Å². The van der Waals surface area contributed by atoms with Crippen molar-refractivity contribution in [2.24, 2.45) is 5.92 Å². The van der Waals surface area contributed by atoms with Gasteiger partial charge in [0, 0.05) is 19.3 Å². The zero-order valence-corrected chi connectivity index (χ0v) is 17.1. The quantitative estimate of drug-likeness (QED) is 0.644. The van der Waals surface area contributed by atoms with E-state index in [1.807, 2.05) is 24.4 Å². The number of methoxy groups -OCH3 is 1. The van der Waals surface area contributed by atoms with Gasteiger partial charge in [0.1, 0.15) is 11.6 Å². The molecule has 0 amide bonds. The first-order valence-electron chi connectivity index (χ1n) is 10.2. The topological polar surface area (TPSA) is 50.3 Å². The molecule has 3 aromatic rings. The molecule has 4 rings (SSSR count). The molecule has 5 heteroatoms. The predicted molar refractivity (Wildman–Crippen MR) is 118 cm³/mol. The summed E-state index contributed by atoms with van der Waals surface area (Å²) in [7, 11) is 1.68. The fourth-order valence-corrected chi connectivity index (χ4v) is 3.91. The third kappa shape index (κ3) is 4.86. The summed E-state index contributed by atoms with van der Waals surface area (Å²) in [4.78, 5) is 11.6. The zero-order chi connectivity index (χ0) is 20.1. The van der Waals surface area contributed by atoms with E-state index in [0.717, 1.165) is 48.6 Å². The van der Waals surface area contributed by atoms with E-state index >= 15 is 0 Å². The Balaban J connectivity index is 1.40.